The van der Waals surface area contributed by atoms with Gasteiger partial charge in [-0.15, -0.1) is 0 Å². The number of hydrogen-bond donors (Lipinski definition) is 3. The van der Waals surface area contributed by atoms with Gasteiger partial charge in [0.05, 0.1) is 16.5 Å². The van der Waals surface area contributed by atoms with E-state index in [1.165, 1.54) is 6.08 Å². The van der Waals surface area contributed by atoms with E-state index in [9.17, 15) is 19.2 Å². The van der Waals surface area contributed by atoms with Gasteiger partial charge in [0.25, 0.3) is 11.8 Å². The topological polar surface area (TPSA) is 108 Å². The summed E-state index contributed by atoms with van der Waals surface area (Å²) < 4.78 is 0. The largest absolute Gasteiger partial charge is 0.352 e. The fourth-order valence-electron chi connectivity index (χ4n) is 3.89. The molecule has 0 aliphatic carbocycles. The van der Waals surface area contributed by atoms with Gasteiger partial charge in [0.1, 0.15) is 11.7 Å². The molecular weight excluding hydrogens is 491 g/mol. The molecule has 2 aliphatic heterocycles. The molecule has 0 radical (unpaired) electrons. The number of rotatable bonds is 7. The zero-order chi connectivity index (χ0) is 25.1. The average Bonchev–Trinajstić information content (AvgIpc) is 3.08. The highest BCUT2D eigenvalue weighted by Gasteiger charge is 2.41. The van der Waals surface area contributed by atoms with Gasteiger partial charge in [-0.25, -0.2) is 0 Å². The van der Waals surface area contributed by atoms with Crippen molar-refractivity contribution in [2.24, 2.45) is 0 Å². The number of benzene rings is 2. The van der Waals surface area contributed by atoms with E-state index in [1.54, 1.807) is 36.4 Å². The number of amides is 4. The summed E-state index contributed by atoms with van der Waals surface area (Å²) in [4.78, 5) is 50.9. The van der Waals surface area contributed by atoms with Gasteiger partial charge in [0.2, 0.25) is 11.8 Å². The number of imide groups is 1. The van der Waals surface area contributed by atoms with Gasteiger partial charge < -0.3 is 16.0 Å². The summed E-state index contributed by atoms with van der Waals surface area (Å²) in [7, 11) is 0. The van der Waals surface area contributed by atoms with E-state index in [4.69, 9.17) is 23.2 Å². The molecule has 4 amide bonds. The molecule has 180 valence electrons. The molecule has 0 bridgehead atoms. The molecule has 1 saturated heterocycles. The minimum absolute atomic E-state index is 0.0769. The third-order valence-electron chi connectivity index (χ3n) is 5.63. The van der Waals surface area contributed by atoms with Crippen molar-refractivity contribution in [3.8, 4) is 0 Å². The lowest BCUT2D eigenvalue weighted by Crippen LogP contribution is -2.52. The highest BCUT2D eigenvalue weighted by molar-refractivity contribution is 6.42. The molecule has 2 aliphatic rings. The van der Waals surface area contributed by atoms with Crippen LogP contribution in [0.3, 0.4) is 0 Å². The van der Waals surface area contributed by atoms with E-state index in [0.717, 1.165) is 16.0 Å². The molecule has 1 unspecified atom stereocenters. The van der Waals surface area contributed by atoms with Crippen LogP contribution in [0.2, 0.25) is 10.0 Å². The maximum Gasteiger partial charge on any atom is 0.278 e. The third-order valence-corrected chi connectivity index (χ3v) is 6.37. The maximum atomic E-state index is 12.9. The van der Waals surface area contributed by atoms with Crippen LogP contribution < -0.4 is 16.0 Å². The van der Waals surface area contributed by atoms with Crippen LogP contribution in [0.5, 0.6) is 0 Å². The molecule has 4 rings (SSSR count). The SMILES string of the molecule is C=C1CCC(N2C(=O)C=C(Nc3cccc(CNC(=O)Cc4ccc(Cl)c(Cl)c4)c3)C2=O)C(=O)N1. The lowest BCUT2D eigenvalue weighted by molar-refractivity contribution is -0.146. The standard InChI is InChI=1S/C25H22Cl2N4O4/c1-14-5-8-21(24(34)29-14)31-23(33)12-20(25(31)35)30-17-4-2-3-16(9-17)13-28-22(32)11-15-6-7-18(26)19(27)10-15/h2-4,6-7,9-10,12,21,30H,1,5,8,11,13H2,(H,28,32)(H,29,34). The van der Waals surface area contributed by atoms with Crippen LogP contribution in [0.15, 0.2) is 66.5 Å². The number of nitrogens with zero attached hydrogens (tertiary/aromatic N) is 1. The van der Waals surface area contributed by atoms with E-state index < -0.39 is 23.8 Å². The smallest absolute Gasteiger partial charge is 0.278 e. The first kappa shape index (κ1) is 24.5. The first-order valence-electron chi connectivity index (χ1n) is 10.9. The van der Waals surface area contributed by atoms with Crippen LogP contribution in [0, 0.1) is 0 Å². The number of nitrogens with one attached hydrogen (secondary N) is 3. The van der Waals surface area contributed by atoms with Crippen molar-refractivity contribution in [2.45, 2.75) is 31.8 Å². The Hall–Kier alpha value is -3.62. The van der Waals surface area contributed by atoms with E-state index in [-0.39, 0.29) is 24.6 Å². The number of carbonyl (C=O) groups is 4. The van der Waals surface area contributed by atoms with Gasteiger partial charge in [-0.05, 0) is 48.2 Å². The fourth-order valence-corrected chi connectivity index (χ4v) is 4.21. The van der Waals surface area contributed by atoms with Crippen LogP contribution >= 0.6 is 23.2 Å². The van der Waals surface area contributed by atoms with Gasteiger partial charge >= 0.3 is 0 Å². The molecular formula is C25H22Cl2N4O4. The second kappa shape index (κ2) is 10.3. The Labute approximate surface area is 212 Å². The molecule has 2 heterocycles. The number of allylic oxidation sites excluding steroid dienone is 1. The minimum Gasteiger partial charge on any atom is -0.352 e. The predicted octanol–water partition coefficient (Wildman–Crippen LogP) is 3.31. The first-order chi connectivity index (χ1) is 16.7. The second-order valence-electron chi connectivity index (χ2n) is 8.25. The molecule has 3 N–H and O–H groups in total. The van der Waals surface area contributed by atoms with Crippen LogP contribution in [0.4, 0.5) is 5.69 Å². The van der Waals surface area contributed by atoms with E-state index in [1.807, 2.05) is 6.07 Å². The monoisotopic (exact) mass is 512 g/mol. The molecule has 10 heteroatoms. The van der Waals surface area contributed by atoms with Gasteiger partial charge in [-0.2, -0.15) is 0 Å². The van der Waals surface area contributed by atoms with Crippen molar-refractivity contribution in [2.75, 3.05) is 5.32 Å². The zero-order valence-electron chi connectivity index (χ0n) is 18.6. The van der Waals surface area contributed by atoms with Gasteiger partial charge in [0.15, 0.2) is 0 Å². The van der Waals surface area contributed by atoms with Gasteiger partial charge in [0, 0.05) is 24.0 Å². The summed E-state index contributed by atoms with van der Waals surface area (Å²) in [6, 6.07) is 11.3. The van der Waals surface area contributed by atoms with Gasteiger partial charge in [-0.3, -0.25) is 24.1 Å². The Bertz CT molecular complexity index is 1270. The average molecular weight is 513 g/mol. The Morgan fingerprint density at radius 3 is 2.63 bits per heavy atom. The van der Waals surface area contributed by atoms with E-state index >= 15 is 0 Å². The second-order valence-corrected chi connectivity index (χ2v) is 9.06. The highest BCUT2D eigenvalue weighted by Crippen LogP contribution is 2.25. The van der Waals surface area contributed by atoms with Crippen molar-refractivity contribution < 1.29 is 19.2 Å². The zero-order valence-corrected chi connectivity index (χ0v) is 20.1. The van der Waals surface area contributed by atoms with Crippen molar-refractivity contribution in [1.82, 2.24) is 15.5 Å². The number of halogens is 2. The van der Waals surface area contributed by atoms with Crippen LogP contribution in [-0.4, -0.2) is 34.6 Å². The first-order valence-corrected chi connectivity index (χ1v) is 11.6. The molecule has 2 aromatic rings. The van der Waals surface area contributed by atoms with Crippen molar-refractivity contribution in [3.05, 3.63) is 87.7 Å². The molecule has 0 aromatic heterocycles. The fraction of sp³-hybridized carbons (Fsp3) is 0.200. The Kier molecular flexibility index (Phi) is 7.23. The molecule has 1 atom stereocenters. The molecule has 2 aromatic carbocycles. The molecule has 8 nitrogen and oxygen atoms in total. The Morgan fingerprint density at radius 1 is 1.09 bits per heavy atom. The van der Waals surface area contributed by atoms with Crippen molar-refractivity contribution in [1.29, 1.82) is 0 Å². The van der Waals surface area contributed by atoms with Gasteiger partial charge in [-0.1, -0.05) is 48.0 Å². The number of hydrogen-bond acceptors (Lipinski definition) is 5. The van der Waals surface area contributed by atoms with Crippen LogP contribution in [0.1, 0.15) is 24.0 Å². The lowest BCUT2D eigenvalue weighted by atomic mass is 10.0. The highest BCUT2D eigenvalue weighted by atomic mass is 35.5. The molecule has 1 fully saturated rings. The van der Waals surface area contributed by atoms with Crippen LogP contribution in [-0.2, 0) is 32.1 Å². The van der Waals surface area contributed by atoms with E-state index in [2.05, 4.69) is 22.5 Å². The summed E-state index contributed by atoms with van der Waals surface area (Å²) >= 11 is 11.9. The molecule has 0 spiro atoms. The summed E-state index contributed by atoms with van der Waals surface area (Å²) in [5, 5.41) is 9.20. The summed E-state index contributed by atoms with van der Waals surface area (Å²) in [5.41, 5.74) is 2.74. The summed E-state index contributed by atoms with van der Waals surface area (Å²) in [5.74, 6) is -1.72. The minimum atomic E-state index is -0.867. The quantitative estimate of drug-likeness (QED) is 0.493. The van der Waals surface area contributed by atoms with Crippen molar-refractivity contribution in [3.63, 3.8) is 0 Å². The Balaban J connectivity index is 1.35. The predicted molar refractivity (Wildman–Crippen MR) is 132 cm³/mol. The lowest BCUT2D eigenvalue weighted by Gasteiger charge is -2.29. The van der Waals surface area contributed by atoms with Crippen molar-refractivity contribution >= 4 is 52.5 Å². The Morgan fingerprint density at radius 2 is 1.89 bits per heavy atom. The number of piperidine rings is 1. The normalized spacial score (nSPS) is 17.8. The number of anilines is 1. The molecule has 0 saturated carbocycles. The van der Waals surface area contributed by atoms with E-state index in [0.29, 0.717) is 34.3 Å². The van der Waals surface area contributed by atoms with Crippen LogP contribution in [0.25, 0.3) is 0 Å². The maximum absolute atomic E-state index is 12.9. The molecule has 35 heavy (non-hydrogen) atoms. The third kappa shape index (κ3) is 5.72. The number of carbonyl (C=O) groups excluding carboxylic acids is 4. The summed E-state index contributed by atoms with van der Waals surface area (Å²) in [6.07, 6.45) is 2.16. The summed E-state index contributed by atoms with van der Waals surface area (Å²) in [6.45, 7) is 3.98.